The van der Waals surface area contributed by atoms with Crippen molar-refractivity contribution in [3.05, 3.63) is 53.1 Å². The van der Waals surface area contributed by atoms with Crippen molar-refractivity contribution < 1.29 is 0 Å². The zero-order chi connectivity index (χ0) is 11.5. The van der Waals surface area contributed by atoms with Crippen LogP contribution in [0.25, 0.3) is 11.1 Å². The molecular weight excluding hydrogens is 220 g/mol. The van der Waals surface area contributed by atoms with Crippen molar-refractivity contribution in [3.8, 4) is 17.2 Å². The molecule has 0 aliphatic carbocycles. The van der Waals surface area contributed by atoms with Gasteiger partial charge in [0.2, 0.25) is 0 Å². The SMILES string of the molecule is N#Cc1cc(Cl)c(N)c(-c2ccccc2)c1. The van der Waals surface area contributed by atoms with Crippen molar-refractivity contribution in [1.82, 2.24) is 0 Å². The van der Waals surface area contributed by atoms with E-state index in [4.69, 9.17) is 22.6 Å². The fraction of sp³-hybridized carbons (Fsp3) is 0. The summed E-state index contributed by atoms with van der Waals surface area (Å²) >= 11 is 5.97. The number of nitrogens with zero attached hydrogens (tertiary/aromatic N) is 1. The smallest absolute Gasteiger partial charge is 0.0992 e. The summed E-state index contributed by atoms with van der Waals surface area (Å²) in [5, 5.41) is 9.29. The Morgan fingerprint density at radius 2 is 1.81 bits per heavy atom. The average molecular weight is 229 g/mol. The molecule has 0 bridgehead atoms. The maximum absolute atomic E-state index is 8.87. The number of rotatable bonds is 1. The molecule has 0 aliphatic heterocycles. The molecule has 0 saturated carbocycles. The van der Waals surface area contributed by atoms with E-state index in [9.17, 15) is 0 Å². The first-order chi connectivity index (χ1) is 7.72. The van der Waals surface area contributed by atoms with Crippen molar-refractivity contribution in [1.29, 1.82) is 5.26 Å². The lowest BCUT2D eigenvalue weighted by atomic mass is 10.0. The Balaban J connectivity index is 2.66. The highest BCUT2D eigenvalue weighted by Gasteiger charge is 2.08. The number of hydrogen-bond donors (Lipinski definition) is 1. The van der Waals surface area contributed by atoms with Gasteiger partial charge in [-0.25, -0.2) is 0 Å². The third-order valence-corrected chi connectivity index (χ3v) is 2.66. The number of nitrogens with two attached hydrogens (primary N) is 1. The summed E-state index contributed by atoms with van der Waals surface area (Å²) in [6.45, 7) is 0. The van der Waals surface area contributed by atoms with Crippen LogP contribution in [0.1, 0.15) is 5.56 Å². The van der Waals surface area contributed by atoms with E-state index in [2.05, 4.69) is 6.07 Å². The van der Waals surface area contributed by atoms with E-state index in [0.717, 1.165) is 11.1 Å². The number of hydrogen-bond acceptors (Lipinski definition) is 2. The van der Waals surface area contributed by atoms with Crippen molar-refractivity contribution in [2.75, 3.05) is 5.73 Å². The van der Waals surface area contributed by atoms with Gasteiger partial charge in [0, 0.05) is 5.56 Å². The summed E-state index contributed by atoms with van der Waals surface area (Å²) < 4.78 is 0. The zero-order valence-corrected chi connectivity index (χ0v) is 9.20. The van der Waals surface area contributed by atoms with Gasteiger partial charge >= 0.3 is 0 Å². The van der Waals surface area contributed by atoms with Crippen LogP contribution in [-0.4, -0.2) is 0 Å². The molecule has 0 unspecified atom stereocenters. The fourth-order valence-corrected chi connectivity index (χ4v) is 1.76. The normalized spacial score (nSPS) is 9.75. The predicted octanol–water partition coefficient (Wildman–Crippen LogP) is 3.46. The molecule has 2 aromatic carbocycles. The molecule has 0 aromatic heterocycles. The van der Waals surface area contributed by atoms with Crippen LogP contribution in [0.2, 0.25) is 5.02 Å². The van der Waals surface area contributed by atoms with E-state index >= 15 is 0 Å². The highest BCUT2D eigenvalue weighted by molar-refractivity contribution is 6.33. The van der Waals surface area contributed by atoms with Crippen LogP contribution < -0.4 is 5.73 Å². The summed E-state index contributed by atoms with van der Waals surface area (Å²) in [6.07, 6.45) is 0. The van der Waals surface area contributed by atoms with E-state index in [1.807, 2.05) is 30.3 Å². The standard InChI is InChI=1S/C13H9ClN2/c14-12-7-9(8-15)6-11(13(12)16)10-4-2-1-3-5-10/h1-7H,16H2. The van der Waals surface area contributed by atoms with E-state index in [1.165, 1.54) is 0 Å². The fourth-order valence-electron chi connectivity index (χ4n) is 1.54. The molecule has 78 valence electrons. The number of benzene rings is 2. The van der Waals surface area contributed by atoms with E-state index < -0.39 is 0 Å². The quantitative estimate of drug-likeness (QED) is 0.760. The summed E-state index contributed by atoms with van der Waals surface area (Å²) in [7, 11) is 0. The summed E-state index contributed by atoms with van der Waals surface area (Å²) in [4.78, 5) is 0. The maximum Gasteiger partial charge on any atom is 0.0992 e. The molecular formula is C13H9ClN2. The van der Waals surface area contributed by atoms with Crippen molar-refractivity contribution >= 4 is 17.3 Å². The van der Waals surface area contributed by atoms with Crippen LogP contribution >= 0.6 is 11.6 Å². The minimum absolute atomic E-state index is 0.415. The first kappa shape index (κ1) is 10.5. The maximum atomic E-state index is 8.87. The van der Waals surface area contributed by atoms with Gasteiger partial charge in [0.05, 0.1) is 22.3 Å². The van der Waals surface area contributed by atoms with E-state index in [-0.39, 0.29) is 0 Å². The molecule has 2 nitrogen and oxygen atoms in total. The monoisotopic (exact) mass is 228 g/mol. The molecule has 16 heavy (non-hydrogen) atoms. The number of halogens is 1. The van der Waals surface area contributed by atoms with Gasteiger partial charge in [-0.3, -0.25) is 0 Å². The highest BCUT2D eigenvalue weighted by atomic mass is 35.5. The van der Waals surface area contributed by atoms with Crippen molar-refractivity contribution in [2.24, 2.45) is 0 Å². The Labute approximate surface area is 98.9 Å². The minimum Gasteiger partial charge on any atom is -0.397 e. The van der Waals surface area contributed by atoms with Crippen LogP contribution in [-0.2, 0) is 0 Å². The number of anilines is 1. The zero-order valence-electron chi connectivity index (χ0n) is 8.44. The Morgan fingerprint density at radius 3 is 2.44 bits per heavy atom. The molecule has 2 rings (SSSR count). The number of nitrogen functional groups attached to an aromatic ring is 1. The molecule has 0 amide bonds. The first-order valence-corrected chi connectivity index (χ1v) is 5.14. The molecule has 2 N–H and O–H groups in total. The van der Waals surface area contributed by atoms with E-state index in [0.29, 0.717) is 16.3 Å². The second-order valence-electron chi connectivity index (χ2n) is 3.40. The summed E-state index contributed by atoms with van der Waals surface area (Å²) in [5.41, 5.74) is 8.67. The van der Waals surface area contributed by atoms with Crippen LogP contribution in [0.4, 0.5) is 5.69 Å². The minimum atomic E-state index is 0.415. The van der Waals surface area contributed by atoms with Crippen molar-refractivity contribution in [2.45, 2.75) is 0 Å². The lowest BCUT2D eigenvalue weighted by Crippen LogP contribution is -1.92. The first-order valence-electron chi connectivity index (χ1n) is 4.77. The van der Waals surface area contributed by atoms with Gasteiger partial charge in [-0.1, -0.05) is 41.9 Å². The predicted molar refractivity (Wildman–Crippen MR) is 66.0 cm³/mol. The van der Waals surface area contributed by atoms with Crippen LogP contribution in [0.15, 0.2) is 42.5 Å². The Bertz CT molecular complexity index is 556. The van der Waals surface area contributed by atoms with Crippen LogP contribution in [0.3, 0.4) is 0 Å². The summed E-state index contributed by atoms with van der Waals surface area (Å²) in [6, 6.07) is 15.0. The van der Waals surface area contributed by atoms with Gasteiger partial charge in [0.25, 0.3) is 0 Å². The number of nitriles is 1. The Kier molecular flexibility index (Phi) is 2.80. The molecule has 0 saturated heterocycles. The largest absolute Gasteiger partial charge is 0.397 e. The van der Waals surface area contributed by atoms with Gasteiger partial charge in [-0.15, -0.1) is 0 Å². The molecule has 0 fully saturated rings. The molecule has 3 heteroatoms. The third kappa shape index (κ3) is 1.86. The van der Waals surface area contributed by atoms with Crippen molar-refractivity contribution in [3.63, 3.8) is 0 Å². The van der Waals surface area contributed by atoms with Gasteiger partial charge in [-0.05, 0) is 17.7 Å². The third-order valence-electron chi connectivity index (χ3n) is 2.34. The molecule has 0 spiro atoms. The topological polar surface area (TPSA) is 49.8 Å². The molecule has 0 atom stereocenters. The van der Waals surface area contributed by atoms with Crippen LogP contribution in [0.5, 0.6) is 0 Å². The van der Waals surface area contributed by atoms with Gasteiger partial charge < -0.3 is 5.73 Å². The molecule has 0 heterocycles. The van der Waals surface area contributed by atoms with Crippen LogP contribution in [0, 0.1) is 11.3 Å². The Morgan fingerprint density at radius 1 is 1.12 bits per heavy atom. The van der Waals surface area contributed by atoms with Gasteiger partial charge in [0.1, 0.15) is 0 Å². The molecule has 0 aliphatic rings. The molecule has 0 radical (unpaired) electrons. The second-order valence-corrected chi connectivity index (χ2v) is 3.80. The summed E-state index contributed by atoms with van der Waals surface area (Å²) in [5.74, 6) is 0. The second kappa shape index (κ2) is 4.26. The van der Waals surface area contributed by atoms with E-state index in [1.54, 1.807) is 12.1 Å². The highest BCUT2D eigenvalue weighted by Crippen LogP contribution is 2.32. The lowest BCUT2D eigenvalue weighted by molar-refractivity contribution is 1.48. The Hall–Kier alpha value is -1.98. The van der Waals surface area contributed by atoms with Gasteiger partial charge in [-0.2, -0.15) is 5.26 Å². The molecule has 2 aromatic rings. The average Bonchev–Trinajstić information content (AvgIpc) is 2.33. The lowest BCUT2D eigenvalue weighted by Gasteiger charge is -2.08. The van der Waals surface area contributed by atoms with Gasteiger partial charge in [0.15, 0.2) is 0 Å².